The number of esters is 1. The predicted octanol–water partition coefficient (Wildman–Crippen LogP) is 3.33. The molecule has 0 bridgehead atoms. The second-order valence-electron chi connectivity index (χ2n) is 6.89. The van der Waals surface area contributed by atoms with Crippen LogP contribution < -0.4 is 0 Å². The Balaban J connectivity index is 2.60. The number of aliphatic carboxylic acids is 1. The highest BCUT2D eigenvalue weighted by atomic mass is 16.6. The summed E-state index contributed by atoms with van der Waals surface area (Å²) in [6.07, 6.45) is 0. The molecule has 144 valence electrons. The summed E-state index contributed by atoms with van der Waals surface area (Å²) in [5, 5.41) is 20.9. The predicted molar refractivity (Wildman–Crippen MR) is 98.6 cm³/mol. The van der Waals surface area contributed by atoms with Gasteiger partial charge in [0, 0.05) is 29.5 Å². The molecule has 0 spiro atoms. The van der Waals surface area contributed by atoms with Gasteiger partial charge < -0.3 is 9.84 Å². The Kier molecular flexibility index (Phi) is 6.09. The third kappa shape index (κ3) is 4.39. The maximum atomic E-state index is 12.7. The number of hydrogen-bond donors (Lipinski definition) is 1. The molecule has 27 heavy (non-hydrogen) atoms. The van der Waals surface area contributed by atoms with Gasteiger partial charge in [0.15, 0.2) is 0 Å². The Morgan fingerprint density at radius 2 is 2.00 bits per heavy atom. The van der Waals surface area contributed by atoms with Crippen LogP contribution in [-0.2, 0) is 14.3 Å². The summed E-state index contributed by atoms with van der Waals surface area (Å²) in [6.45, 7) is 7.13. The molecular formula is C19H22N2O6. The van der Waals surface area contributed by atoms with Crippen molar-refractivity contribution in [2.45, 2.75) is 33.6 Å². The van der Waals surface area contributed by atoms with Crippen LogP contribution in [0.4, 0.5) is 5.69 Å². The first-order valence-corrected chi connectivity index (χ1v) is 8.53. The molecule has 0 fully saturated rings. The van der Waals surface area contributed by atoms with Gasteiger partial charge in [0.05, 0.1) is 17.1 Å². The Labute approximate surface area is 156 Å². The molecule has 0 saturated heterocycles. The van der Waals surface area contributed by atoms with Crippen LogP contribution >= 0.6 is 0 Å². The minimum atomic E-state index is -1.16. The Hall–Kier alpha value is -3.03. The molecule has 1 aromatic carbocycles. The van der Waals surface area contributed by atoms with Crippen molar-refractivity contribution in [3.63, 3.8) is 0 Å². The van der Waals surface area contributed by atoms with E-state index in [9.17, 15) is 24.8 Å². The van der Waals surface area contributed by atoms with E-state index in [1.54, 1.807) is 19.9 Å². The minimum absolute atomic E-state index is 0.107. The van der Waals surface area contributed by atoms with Crippen LogP contribution in [0.1, 0.15) is 39.2 Å². The largest absolute Gasteiger partial charge is 0.481 e. The lowest BCUT2D eigenvalue weighted by Crippen LogP contribution is -2.35. The first-order chi connectivity index (χ1) is 12.6. The van der Waals surface area contributed by atoms with Crippen molar-refractivity contribution in [2.75, 3.05) is 6.61 Å². The fraction of sp³-hybridized carbons (Fsp3) is 0.421. The Morgan fingerprint density at radius 3 is 2.56 bits per heavy atom. The van der Waals surface area contributed by atoms with Crippen LogP contribution in [0.5, 0.6) is 0 Å². The fourth-order valence-corrected chi connectivity index (χ4v) is 3.13. The van der Waals surface area contributed by atoms with Gasteiger partial charge in [0.25, 0.3) is 5.69 Å². The van der Waals surface area contributed by atoms with E-state index < -0.39 is 28.7 Å². The third-order valence-electron chi connectivity index (χ3n) is 4.30. The summed E-state index contributed by atoms with van der Waals surface area (Å²) in [7, 11) is 0. The van der Waals surface area contributed by atoms with Gasteiger partial charge in [-0.05, 0) is 25.3 Å². The number of benzene rings is 1. The van der Waals surface area contributed by atoms with E-state index >= 15 is 0 Å². The average Bonchev–Trinajstić information content (AvgIpc) is 2.58. The molecule has 8 nitrogen and oxygen atoms in total. The van der Waals surface area contributed by atoms with Gasteiger partial charge in [-0.1, -0.05) is 26.0 Å². The van der Waals surface area contributed by atoms with Crippen LogP contribution in [0, 0.1) is 22.0 Å². The number of carboxylic acids is 1. The zero-order valence-corrected chi connectivity index (χ0v) is 15.6. The van der Waals surface area contributed by atoms with E-state index in [4.69, 9.17) is 4.74 Å². The van der Waals surface area contributed by atoms with Crippen molar-refractivity contribution in [2.24, 2.45) is 16.8 Å². The van der Waals surface area contributed by atoms with Crippen LogP contribution in [0.25, 0.3) is 0 Å². The van der Waals surface area contributed by atoms with Crippen LogP contribution in [0.3, 0.4) is 0 Å². The smallest absolute Gasteiger partial charge is 0.336 e. The molecule has 0 aliphatic carbocycles. The van der Waals surface area contributed by atoms with E-state index in [0.717, 1.165) is 0 Å². The van der Waals surface area contributed by atoms with Crippen molar-refractivity contribution in [3.8, 4) is 0 Å². The molecular weight excluding hydrogens is 352 g/mol. The maximum Gasteiger partial charge on any atom is 0.336 e. The first kappa shape index (κ1) is 20.3. The molecule has 0 aromatic heterocycles. The van der Waals surface area contributed by atoms with E-state index in [2.05, 4.69) is 4.99 Å². The van der Waals surface area contributed by atoms with Crippen molar-refractivity contribution < 1.29 is 24.4 Å². The Morgan fingerprint density at radius 1 is 1.33 bits per heavy atom. The molecule has 1 aliphatic rings. The second kappa shape index (κ2) is 8.11. The second-order valence-corrected chi connectivity index (χ2v) is 6.89. The molecule has 1 aromatic rings. The van der Waals surface area contributed by atoms with Crippen LogP contribution in [0.2, 0.25) is 0 Å². The third-order valence-corrected chi connectivity index (χ3v) is 4.30. The monoisotopic (exact) mass is 374 g/mol. The number of hydrogen-bond acceptors (Lipinski definition) is 6. The van der Waals surface area contributed by atoms with E-state index in [0.29, 0.717) is 17.0 Å². The number of rotatable bonds is 6. The quantitative estimate of drug-likeness (QED) is 0.463. The lowest BCUT2D eigenvalue weighted by Gasteiger charge is -2.30. The molecule has 2 rings (SSSR count). The SMILES string of the molecule is CC1=NC(C)=C(C(=O)OCC(C)C)C(c2cccc([N+](=O)[O-])c2)C1C(=O)O. The lowest BCUT2D eigenvalue weighted by atomic mass is 9.75. The summed E-state index contributed by atoms with van der Waals surface area (Å²) in [5.41, 5.74) is 0.993. The fourth-order valence-electron chi connectivity index (χ4n) is 3.13. The summed E-state index contributed by atoms with van der Waals surface area (Å²) in [5.74, 6) is -3.73. The van der Waals surface area contributed by atoms with Gasteiger partial charge in [-0.15, -0.1) is 0 Å². The number of nitrogens with zero attached hydrogens (tertiary/aromatic N) is 2. The van der Waals surface area contributed by atoms with Gasteiger partial charge in [-0.3, -0.25) is 19.9 Å². The van der Waals surface area contributed by atoms with Gasteiger partial charge in [0.2, 0.25) is 0 Å². The number of carboxylic acid groups (broad SMARTS) is 1. The summed E-state index contributed by atoms with van der Waals surface area (Å²) in [4.78, 5) is 39.4. The minimum Gasteiger partial charge on any atom is -0.481 e. The number of nitro benzene ring substituents is 1. The number of aliphatic imine (C=N–C) groups is 1. The molecule has 1 N–H and O–H groups in total. The lowest BCUT2D eigenvalue weighted by molar-refractivity contribution is -0.384. The van der Waals surface area contributed by atoms with E-state index in [1.165, 1.54) is 18.2 Å². The van der Waals surface area contributed by atoms with Crippen molar-refractivity contribution in [3.05, 3.63) is 51.2 Å². The zero-order chi connectivity index (χ0) is 20.3. The van der Waals surface area contributed by atoms with E-state index in [-0.39, 0.29) is 23.8 Å². The number of ether oxygens (including phenoxy) is 1. The number of carbonyl (C=O) groups excluding carboxylic acids is 1. The molecule has 1 aliphatic heterocycles. The van der Waals surface area contributed by atoms with Gasteiger partial charge >= 0.3 is 11.9 Å². The number of carbonyl (C=O) groups is 2. The molecule has 0 amide bonds. The molecule has 2 unspecified atom stereocenters. The highest BCUT2D eigenvalue weighted by molar-refractivity contribution is 6.06. The molecule has 8 heteroatoms. The van der Waals surface area contributed by atoms with E-state index in [1.807, 2.05) is 13.8 Å². The van der Waals surface area contributed by atoms with Gasteiger partial charge in [-0.2, -0.15) is 0 Å². The highest BCUT2D eigenvalue weighted by Crippen LogP contribution is 2.40. The number of non-ortho nitro benzene ring substituents is 1. The van der Waals surface area contributed by atoms with Crippen molar-refractivity contribution in [1.29, 1.82) is 0 Å². The van der Waals surface area contributed by atoms with Crippen molar-refractivity contribution in [1.82, 2.24) is 0 Å². The molecule has 0 saturated carbocycles. The standard InChI is InChI=1S/C19H22N2O6/c1-10(2)9-27-19(24)16-12(4)20-11(3)15(18(22)23)17(16)13-6-5-7-14(8-13)21(25)26/h5-8,10,15,17H,9H2,1-4H3,(H,22,23). The molecule has 0 radical (unpaired) electrons. The molecule has 1 heterocycles. The first-order valence-electron chi connectivity index (χ1n) is 8.53. The molecule has 2 atom stereocenters. The Bertz CT molecular complexity index is 840. The van der Waals surface area contributed by atoms with Gasteiger partial charge in [0.1, 0.15) is 5.92 Å². The summed E-state index contributed by atoms with van der Waals surface area (Å²) in [6, 6.07) is 5.66. The maximum absolute atomic E-state index is 12.7. The van der Waals surface area contributed by atoms with Crippen LogP contribution in [0.15, 0.2) is 40.5 Å². The zero-order valence-electron chi connectivity index (χ0n) is 15.6. The van der Waals surface area contributed by atoms with Crippen molar-refractivity contribution >= 4 is 23.3 Å². The number of allylic oxidation sites excluding steroid dienone is 1. The summed E-state index contributed by atoms with van der Waals surface area (Å²) < 4.78 is 5.31. The average molecular weight is 374 g/mol. The normalized spacial score (nSPS) is 19.7. The highest BCUT2D eigenvalue weighted by Gasteiger charge is 2.42. The summed E-state index contributed by atoms with van der Waals surface area (Å²) >= 11 is 0. The number of nitro groups is 1. The topological polar surface area (TPSA) is 119 Å². The van der Waals surface area contributed by atoms with Crippen LogP contribution in [-0.4, -0.2) is 34.3 Å². The van der Waals surface area contributed by atoms with Gasteiger partial charge in [-0.25, -0.2) is 4.79 Å².